The van der Waals surface area contributed by atoms with Gasteiger partial charge in [0.2, 0.25) is 15.9 Å². The summed E-state index contributed by atoms with van der Waals surface area (Å²) in [6.07, 6.45) is 0.682. The topological polar surface area (TPSA) is 75.7 Å². The fourth-order valence-electron chi connectivity index (χ4n) is 2.77. The first-order valence-electron chi connectivity index (χ1n) is 8.80. The maximum Gasteiger partial charge on any atom is 0.242 e. The summed E-state index contributed by atoms with van der Waals surface area (Å²) in [6.45, 7) is 2.16. The first-order chi connectivity index (χ1) is 12.9. The molecule has 0 spiro atoms. The number of carbonyl (C=O) groups excluding carboxylic acids is 1. The molecule has 0 aliphatic heterocycles. The Bertz CT molecular complexity index is 853. The largest absolute Gasteiger partial charge is 0.496 e. The number of carbonyl (C=O) groups is 1. The molecule has 146 valence electrons. The van der Waals surface area contributed by atoms with Crippen LogP contribution in [-0.4, -0.2) is 39.3 Å². The Morgan fingerprint density at radius 2 is 1.74 bits per heavy atom. The van der Waals surface area contributed by atoms with E-state index in [1.54, 1.807) is 37.4 Å². The molecular weight excluding hydrogens is 364 g/mol. The van der Waals surface area contributed by atoms with Crippen LogP contribution in [0.1, 0.15) is 31.4 Å². The van der Waals surface area contributed by atoms with E-state index in [0.29, 0.717) is 6.42 Å². The number of ether oxygens (including phenoxy) is 1. The molecule has 27 heavy (non-hydrogen) atoms. The summed E-state index contributed by atoms with van der Waals surface area (Å²) in [5.41, 5.74) is 0.900. The zero-order valence-electron chi connectivity index (χ0n) is 15.9. The van der Waals surface area contributed by atoms with Crippen molar-refractivity contribution < 1.29 is 17.9 Å². The van der Waals surface area contributed by atoms with E-state index in [2.05, 4.69) is 5.32 Å². The van der Waals surface area contributed by atoms with Crippen molar-refractivity contribution in [1.29, 1.82) is 0 Å². The lowest BCUT2D eigenvalue weighted by atomic mass is 10.1. The minimum absolute atomic E-state index is 0.126. The fourth-order valence-corrected chi connectivity index (χ4v) is 4.00. The Labute approximate surface area is 161 Å². The second-order valence-corrected chi connectivity index (χ2v) is 8.32. The standard InChI is InChI=1S/C20H26N2O4S/c1-16(18-12-7-8-13-19(18)26-3)21-20(23)14-9-15-22(2)27(24,25)17-10-5-4-6-11-17/h4-8,10-13,16H,9,14-15H2,1-3H3,(H,21,23)/t16-/m1/s1. The zero-order valence-corrected chi connectivity index (χ0v) is 16.7. The number of nitrogens with one attached hydrogen (secondary N) is 1. The predicted octanol–water partition coefficient (Wildman–Crippen LogP) is 2.97. The average molecular weight is 391 g/mol. The number of methoxy groups -OCH3 is 1. The van der Waals surface area contributed by atoms with Crippen molar-refractivity contribution in [3.63, 3.8) is 0 Å². The highest BCUT2D eigenvalue weighted by Crippen LogP contribution is 2.24. The molecule has 2 rings (SSSR count). The van der Waals surface area contributed by atoms with Crippen molar-refractivity contribution in [2.75, 3.05) is 20.7 Å². The van der Waals surface area contributed by atoms with Crippen molar-refractivity contribution in [2.24, 2.45) is 0 Å². The van der Waals surface area contributed by atoms with Gasteiger partial charge < -0.3 is 10.1 Å². The SMILES string of the molecule is COc1ccccc1[C@@H](C)NC(=O)CCCN(C)S(=O)(=O)c1ccccc1. The van der Waals surface area contributed by atoms with E-state index in [0.717, 1.165) is 11.3 Å². The van der Waals surface area contributed by atoms with E-state index in [1.165, 1.54) is 11.4 Å². The van der Waals surface area contributed by atoms with Crippen LogP contribution in [0, 0.1) is 0 Å². The van der Waals surface area contributed by atoms with Gasteiger partial charge in [-0.3, -0.25) is 4.79 Å². The lowest BCUT2D eigenvalue weighted by molar-refractivity contribution is -0.121. The van der Waals surface area contributed by atoms with Crippen LogP contribution in [0.2, 0.25) is 0 Å². The van der Waals surface area contributed by atoms with E-state index >= 15 is 0 Å². The van der Waals surface area contributed by atoms with Crippen LogP contribution >= 0.6 is 0 Å². The van der Waals surface area contributed by atoms with E-state index in [4.69, 9.17) is 4.74 Å². The summed E-state index contributed by atoms with van der Waals surface area (Å²) in [5.74, 6) is 0.595. The summed E-state index contributed by atoms with van der Waals surface area (Å²) in [6, 6.07) is 15.6. The number of hydrogen-bond acceptors (Lipinski definition) is 4. The summed E-state index contributed by atoms with van der Waals surface area (Å²) in [7, 11) is -0.408. The Hall–Kier alpha value is -2.38. The average Bonchev–Trinajstić information content (AvgIpc) is 2.68. The van der Waals surface area contributed by atoms with Gasteiger partial charge >= 0.3 is 0 Å². The van der Waals surface area contributed by atoms with Crippen molar-refractivity contribution in [3.8, 4) is 5.75 Å². The van der Waals surface area contributed by atoms with Crippen molar-refractivity contribution in [2.45, 2.75) is 30.7 Å². The minimum atomic E-state index is -3.53. The normalized spacial score (nSPS) is 12.6. The summed E-state index contributed by atoms with van der Waals surface area (Å²) in [5, 5.41) is 2.93. The van der Waals surface area contributed by atoms with Crippen LogP contribution in [-0.2, 0) is 14.8 Å². The van der Waals surface area contributed by atoms with Gasteiger partial charge in [0.15, 0.2) is 0 Å². The van der Waals surface area contributed by atoms with Gasteiger partial charge in [0.05, 0.1) is 18.0 Å². The smallest absolute Gasteiger partial charge is 0.242 e. The molecule has 2 aromatic rings. The second kappa shape index (κ2) is 9.53. The molecule has 0 heterocycles. The first-order valence-corrected chi connectivity index (χ1v) is 10.2. The molecule has 7 heteroatoms. The van der Waals surface area contributed by atoms with Gasteiger partial charge in [-0.25, -0.2) is 12.7 Å². The van der Waals surface area contributed by atoms with Crippen LogP contribution < -0.4 is 10.1 Å². The van der Waals surface area contributed by atoms with Crippen LogP contribution in [0.15, 0.2) is 59.5 Å². The lowest BCUT2D eigenvalue weighted by Crippen LogP contribution is -2.30. The number of benzene rings is 2. The van der Waals surface area contributed by atoms with Crippen LogP contribution in [0.3, 0.4) is 0 Å². The lowest BCUT2D eigenvalue weighted by Gasteiger charge is -2.19. The van der Waals surface area contributed by atoms with Crippen LogP contribution in [0.25, 0.3) is 0 Å². The maximum atomic E-state index is 12.5. The van der Waals surface area contributed by atoms with Gasteiger partial charge in [-0.1, -0.05) is 36.4 Å². The summed E-state index contributed by atoms with van der Waals surface area (Å²) < 4.78 is 31.5. The molecule has 1 amide bonds. The fraction of sp³-hybridized carbons (Fsp3) is 0.350. The first kappa shape index (κ1) is 20.9. The quantitative estimate of drug-likeness (QED) is 0.714. The van der Waals surface area contributed by atoms with Crippen molar-refractivity contribution >= 4 is 15.9 Å². The number of rotatable bonds is 9. The highest BCUT2D eigenvalue weighted by Gasteiger charge is 2.20. The molecule has 0 saturated heterocycles. The Balaban J connectivity index is 1.85. The summed E-state index contributed by atoms with van der Waals surface area (Å²) >= 11 is 0. The molecule has 0 saturated carbocycles. The van der Waals surface area contributed by atoms with Crippen LogP contribution in [0.4, 0.5) is 0 Å². The van der Waals surface area contributed by atoms with Gasteiger partial charge in [0, 0.05) is 25.6 Å². The molecule has 0 aromatic heterocycles. The molecule has 0 bridgehead atoms. The number of nitrogens with zero attached hydrogens (tertiary/aromatic N) is 1. The Morgan fingerprint density at radius 1 is 1.11 bits per heavy atom. The van der Waals surface area contributed by atoms with Crippen molar-refractivity contribution in [3.05, 3.63) is 60.2 Å². The third kappa shape index (κ3) is 5.55. The number of sulfonamides is 1. The molecule has 0 unspecified atom stereocenters. The van der Waals surface area contributed by atoms with Gasteiger partial charge in [0.1, 0.15) is 5.75 Å². The second-order valence-electron chi connectivity index (χ2n) is 6.27. The van der Waals surface area contributed by atoms with E-state index in [9.17, 15) is 13.2 Å². The van der Waals surface area contributed by atoms with E-state index in [-0.39, 0.29) is 29.8 Å². The van der Waals surface area contributed by atoms with Gasteiger partial charge in [-0.05, 0) is 31.5 Å². The maximum absolute atomic E-state index is 12.5. The highest BCUT2D eigenvalue weighted by atomic mass is 32.2. The molecule has 0 aliphatic rings. The summed E-state index contributed by atoms with van der Waals surface area (Å²) in [4.78, 5) is 12.5. The van der Waals surface area contributed by atoms with Crippen molar-refractivity contribution in [1.82, 2.24) is 9.62 Å². The molecule has 6 nitrogen and oxygen atoms in total. The number of hydrogen-bond donors (Lipinski definition) is 1. The van der Waals surface area contributed by atoms with Gasteiger partial charge in [0.25, 0.3) is 0 Å². The van der Waals surface area contributed by atoms with E-state index in [1.807, 2.05) is 31.2 Å². The monoisotopic (exact) mass is 390 g/mol. The van der Waals surface area contributed by atoms with Gasteiger partial charge in [-0.2, -0.15) is 0 Å². The molecular formula is C20H26N2O4S. The molecule has 0 fully saturated rings. The number of amides is 1. The Kier molecular flexibility index (Phi) is 7.38. The highest BCUT2D eigenvalue weighted by molar-refractivity contribution is 7.89. The van der Waals surface area contributed by atoms with Gasteiger partial charge in [-0.15, -0.1) is 0 Å². The Morgan fingerprint density at radius 3 is 2.41 bits per heavy atom. The molecule has 0 aliphatic carbocycles. The molecule has 1 N–H and O–H groups in total. The van der Waals surface area contributed by atoms with E-state index < -0.39 is 10.0 Å². The minimum Gasteiger partial charge on any atom is -0.496 e. The third-order valence-electron chi connectivity index (χ3n) is 4.31. The number of para-hydroxylation sites is 1. The third-order valence-corrected chi connectivity index (χ3v) is 6.18. The molecule has 0 radical (unpaired) electrons. The predicted molar refractivity (Wildman–Crippen MR) is 105 cm³/mol. The molecule has 1 atom stereocenters. The van der Waals surface area contributed by atoms with Crippen LogP contribution in [0.5, 0.6) is 5.75 Å². The molecule has 2 aromatic carbocycles. The zero-order chi connectivity index (χ0) is 19.9.